The molecule has 0 aliphatic carbocycles. The Hall–Kier alpha value is -1.52. The first-order valence-electron chi connectivity index (χ1n) is 0.908. The number of hydrogen-bond acceptors (Lipinski definition) is 4. The third kappa shape index (κ3) is 712. The van der Waals surface area contributed by atoms with Gasteiger partial charge < -0.3 is 0 Å². The first-order chi connectivity index (χ1) is 2.83. The summed E-state index contributed by atoms with van der Waals surface area (Å²) in [6, 6.07) is 0. The molecule has 0 saturated carbocycles. The lowest BCUT2D eigenvalue weighted by atomic mass is 11.7. The zero-order chi connectivity index (χ0) is 5.41. The predicted octanol–water partition coefficient (Wildman–Crippen LogP) is 4.23. The third-order valence-electron chi connectivity index (χ3n) is 0. The molecule has 0 bridgehead atoms. The van der Waals surface area contributed by atoms with Crippen molar-refractivity contribution in [3.63, 3.8) is 0 Å². The summed E-state index contributed by atoms with van der Waals surface area (Å²) in [4.78, 5) is 16.7. The van der Waals surface area contributed by atoms with E-state index in [1.807, 2.05) is 0 Å². The fourth-order valence-electron chi connectivity index (χ4n) is 0. The van der Waals surface area contributed by atoms with Gasteiger partial charge in [0.15, 0.2) is 0 Å². The van der Waals surface area contributed by atoms with Gasteiger partial charge in [0.05, 0.1) is 0 Å². The van der Waals surface area contributed by atoms with Crippen LogP contribution in [0.5, 0.6) is 0 Å². The number of halogens is 4. The summed E-state index contributed by atoms with van der Waals surface area (Å²) in [6.45, 7) is 0. The van der Waals surface area contributed by atoms with Crippen LogP contribution in [0.15, 0.2) is 0 Å². The fourth-order valence-corrected chi connectivity index (χ4v) is 0. The first kappa shape index (κ1) is 428. The van der Waals surface area contributed by atoms with E-state index in [1.54, 1.807) is 0 Å². The zero-order valence-electron chi connectivity index (χ0n) is 4.45. The molecule has 112 valence electrons. The molecule has 0 radical (unpaired) electrons. The zero-order valence-corrected chi connectivity index (χ0v) is 4.45. The second kappa shape index (κ2) is 9110. The van der Waals surface area contributed by atoms with Crippen molar-refractivity contribution in [1.29, 1.82) is 10.8 Å². The van der Waals surface area contributed by atoms with Crippen molar-refractivity contribution in [1.82, 2.24) is 0 Å². The van der Waals surface area contributed by atoms with Crippen LogP contribution in [0.2, 0.25) is 0 Å². The SMILES string of the molecule is C.C.C.C.C.C.F.F.F.F.N=C=O.N=C=O. The van der Waals surface area contributed by atoms with Crippen LogP contribution in [0, 0.1) is 10.8 Å². The summed E-state index contributed by atoms with van der Waals surface area (Å²) in [7, 11) is 0. The maximum absolute atomic E-state index is 8.35. The second-order valence-corrected chi connectivity index (χ2v) is 0.204. The van der Waals surface area contributed by atoms with Gasteiger partial charge in [-0.2, -0.15) is 0 Å². The van der Waals surface area contributed by atoms with Gasteiger partial charge in [-0.15, -0.1) is 0 Å². The summed E-state index contributed by atoms with van der Waals surface area (Å²) >= 11 is 0. The molecule has 8 heteroatoms. The van der Waals surface area contributed by atoms with E-state index in [0.717, 1.165) is 12.2 Å². The van der Waals surface area contributed by atoms with Gasteiger partial charge in [-0.1, -0.05) is 44.6 Å². The first-order valence-corrected chi connectivity index (χ1v) is 0.908. The molecule has 0 aromatic heterocycles. The Morgan fingerprint density at radius 1 is 0.500 bits per heavy atom. The van der Waals surface area contributed by atoms with E-state index in [4.69, 9.17) is 20.4 Å². The maximum Gasteiger partial charge on any atom is 0.231 e. The average molecular weight is 262 g/mol. The molecule has 0 aromatic rings. The minimum absolute atomic E-state index is 0. The highest BCUT2D eigenvalue weighted by Crippen LogP contribution is 0.871. The van der Waals surface area contributed by atoms with Crippen molar-refractivity contribution in [2.75, 3.05) is 0 Å². The Bertz CT molecular complexity index is 82.0. The van der Waals surface area contributed by atoms with E-state index >= 15 is 0 Å². The molecule has 0 aliphatic rings. The molecule has 0 atom stereocenters. The summed E-state index contributed by atoms with van der Waals surface area (Å²) in [5, 5.41) is 10.8. The van der Waals surface area contributed by atoms with E-state index in [9.17, 15) is 0 Å². The third-order valence-corrected chi connectivity index (χ3v) is 0. The van der Waals surface area contributed by atoms with Crippen molar-refractivity contribution in [3.05, 3.63) is 0 Å². The summed E-state index contributed by atoms with van der Waals surface area (Å²) < 4.78 is 0. The maximum atomic E-state index is 8.35. The van der Waals surface area contributed by atoms with Crippen LogP contribution in [0.25, 0.3) is 0 Å². The topological polar surface area (TPSA) is 81.8 Å². The number of hydrogen-bond donors (Lipinski definition) is 2. The van der Waals surface area contributed by atoms with Crippen LogP contribution in [-0.4, -0.2) is 12.2 Å². The lowest BCUT2D eigenvalue weighted by Gasteiger charge is -1.02. The van der Waals surface area contributed by atoms with Gasteiger partial charge in [-0.3, -0.25) is 18.8 Å². The number of carbonyl (C=O) groups excluding carboxylic acids is 2. The van der Waals surface area contributed by atoms with Gasteiger partial charge in [-0.05, 0) is 0 Å². The Kier molecular flexibility index (Phi) is 244000. The molecule has 0 spiro atoms. The van der Waals surface area contributed by atoms with E-state index < -0.39 is 0 Å². The largest absolute Gasteiger partial charge is 0.269 e. The Labute approximate surface area is 96.9 Å². The molecule has 0 fully saturated rings. The van der Waals surface area contributed by atoms with Crippen LogP contribution in [0.3, 0.4) is 0 Å². The fraction of sp³-hybridized carbons (Fsp3) is 0.750. The minimum atomic E-state index is 0. The van der Waals surface area contributed by atoms with Crippen molar-refractivity contribution in [2.45, 2.75) is 44.6 Å². The standard InChI is InChI=1S/2CHNO.6CH4.4FH/c2*2-1-3;;;;;;;;;;/h2*2H;6*1H4;4*1H. The highest BCUT2D eigenvalue weighted by molar-refractivity contribution is 5.26. The molecule has 0 heterocycles. The summed E-state index contributed by atoms with van der Waals surface area (Å²) in [6.07, 6.45) is 1.50. The average Bonchev–Trinajstić information content (AvgIpc) is 1.39. The normalized spacial score (nSPS) is 1.00. The molecule has 0 aromatic carbocycles. The second-order valence-electron chi connectivity index (χ2n) is 0.204. The van der Waals surface area contributed by atoms with Crippen LogP contribution < -0.4 is 0 Å². The Morgan fingerprint density at radius 2 is 0.500 bits per heavy atom. The molecule has 0 rings (SSSR count). The molecule has 0 saturated heterocycles. The molecule has 0 aliphatic heterocycles. The van der Waals surface area contributed by atoms with Gasteiger partial charge in [0.25, 0.3) is 0 Å². The van der Waals surface area contributed by atoms with Crippen LogP contribution in [-0.2, 0) is 9.59 Å². The van der Waals surface area contributed by atoms with Crippen molar-refractivity contribution in [2.24, 2.45) is 0 Å². The number of rotatable bonds is 0. The Balaban J connectivity index is -0.00000000123. The molecule has 0 amide bonds. The molecule has 16 heavy (non-hydrogen) atoms. The lowest BCUT2D eigenvalue weighted by molar-refractivity contribution is 0.562. The summed E-state index contributed by atoms with van der Waals surface area (Å²) in [5.74, 6) is 0. The molecular formula is C8H30F4N2O2. The lowest BCUT2D eigenvalue weighted by Crippen LogP contribution is -1.16. The van der Waals surface area contributed by atoms with E-state index in [2.05, 4.69) is 0 Å². The van der Waals surface area contributed by atoms with E-state index in [-0.39, 0.29) is 63.4 Å². The van der Waals surface area contributed by atoms with Crippen LogP contribution >= 0.6 is 0 Å². The van der Waals surface area contributed by atoms with Crippen molar-refractivity contribution < 1.29 is 28.4 Å². The van der Waals surface area contributed by atoms with Crippen molar-refractivity contribution >= 4 is 12.2 Å². The van der Waals surface area contributed by atoms with Gasteiger partial charge in [-0.25, -0.2) is 20.4 Å². The van der Waals surface area contributed by atoms with Crippen molar-refractivity contribution in [3.8, 4) is 0 Å². The number of isocyanates is 2. The smallest absolute Gasteiger partial charge is 0.231 e. The van der Waals surface area contributed by atoms with Crippen LogP contribution in [0.1, 0.15) is 44.6 Å². The van der Waals surface area contributed by atoms with Gasteiger partial charge in [0.1, 0.15) is 0 Å². The van der Waals surface area contributed by atoms with Gasteiger partial charge in [0, 0.05) is 0 Å². The Morgan fingerprint density at radius 3 is 0.500 bits per heavy atom. The molecule has 4 nitrogen and oxygen atoms in total. The predicted molar refractivity (Wildman–Crippen MR) is 67.2 cm³/mol. The van der Waals surface area contributed by atoms with E-state index in [1.165, 1.54) is 0 Å². The summed E-state index contributed by atoms with van der Waals surface area (Å²) in [5.41, 5.74) is 0. The minimum Gasteiger partial charge on any atom is -0.269 e. The highest BCUT2D eigenvalue weighted by atomic mass is 19.0. The number of nitrogens with one attached hydrogen (secondary N) is 2. The quantitative estimate of drug-likeness (QED) is 0.389. The monoisotopic (exact) mass is 262 g/mol. The highest BCUT2D eigenvalue weighted by Gasteiger charge is 1.04. The molecule has 0 unspecified atom stereocenters. The molecular weight excluding hydrogens is 232 g/mol. The van der Waals surface area contributed by atoms with Gasteiger partial charge >= 0.3 is 0 Å². The van der Waals surface area contributed by atoms with Crippen LogP contribution in [0.4, 0.5) is 18.8 Å². The molecule has 2 N–H and O–H groups in total. The van der Waals surface area contributed by atoms with E-state index in [0.29, 0.717) is 0 Å². The van der Waals surface area contributed by atoms with Gasteiger partial charge in [0.2, 0.25) is 12.2 Å².